The minimum absolute atomic E-state index is 0.0499. The van der Waals surface area contributed by atoms with Gasteiger partial charge in [-0.1, -0.05) is 29.4 Å². The molecule has 1 heterocycles. The largest absolute Gasteiger partial charge is 0.495 e. The van der Waals surface area contributed by atoms with E-state index in [-0.39, 0.29) is 11.7 Å². The van der Waals surface area contributed by atoms with Crippen molar-refractivity contribution in [1.82, 2.24) is 5.32 Å². The van der Waals surface area contributed by atoms with Gasteiger partial charge in [-0.2, -0.15) is 0 Å². The number of amides is 1. The first-order chi connectivity index (χ1) is 10.2. The summed E-state index contributed by atoms with van der Waals surface area (Å²) in [5.41, 5.74) is 7.01. The minimum Gasteiger partial charge on any atom is -0.495 e. The van der Waals surface area contributed by atoms with Crippen LogP contribution in [0.2, 0.25) is 0 Å². The molecule has 0 saturated heterocycles. The Morgan fingerprint density at radius 3 is 2.71 bits per heavy atom. The SMILES string of the molecule is COc1ccsc1C(=O)NCc1ccc(/C(N)=N/O)cc1. The first-order valence-corrected chi connectivity index (χ1v) is 7.00. The zero-order chi connectivity index (χ0) is 15.2. The monoisotopic (exact) mass is 305 g/mol. The fraction of sp³-hybridized carbons (Fsp3) is 0.143. The third kappa shape index (κ3) is 3.51. The van der Waals surface area contributed by atoms with Gasteiger partial charge in [0.25, 0.3) is 5.91 Å². The molecule has 110 valence electrons. The number of carbonyl (C=O) groups excluding carboxylic acids is 1. The Labute approximate surface area is 125 Å². The standard InChI is InChI=1S/C14H15N3O3S/c1-20-11-6-7-21-12(11)14(18)16-8-9-2-4-10(5-3-9)13(15)17-19/h2-7,19H,8H2,1H3,(H2,15,17)(H,16,18). The number of benzene rings is 1. The number of oxime groups is 1. The first-order valence-electron chi connectivity index (χ1n) is 6.12. The van der Waals surface area contributed by atoms with E-state index in [9.17, 15) is 4.79 Å². The van der Waals surface area contributed by atoms with Crippen LogP contribution in [-0.4, -0.2) is 24.1 Å². The Kier molecular flexibility index (Phi) is 4.78. The number of thiophene rings is 1. The molecule has 21 heavy (non-hydrogen) atoms. The average Bonchev–Trinajstić information content (AvgIpc) is 3.01. The molecule has 0 saturated carbocycles. The number of nitrogens with two attached hydrogens (primary N) is 1. The van der Waals surface area contributed by atoms with Crippen LogP contribution in [0.25, 0.3) is 0 Å². The van der Waals surface area contributed by atoms with Gasteiger partial charge in [-0.15, -0.1) is 11.3 Å². The van der Waals surface area contributed by atoms with Crippen LogP contribution in [0.5, 0.6) is 5.75 Å². The molecule has 0 bridgehead atoms. The second kappa shape index (κ2) is 6.76. The number of rotatable bonds is 5. The van der Waals surface area contributed by atoms with Crippen molar-refractivity contribution < 1.29 is 14.7 Å². The number of carbonyl (C=O) groups is 1. The molecule has 0 unspecified atom stereocenters. The van der Waals surface area contributed by atoms with E-state index in [1.165, 1.54) is 18.4 Å². The number of methoxy groups -OCH3 is 1. The van der Waals surface area contributed by atoms with Crippen LogP contribution in [-0.2, 0) is 6.54 Å². The molecule has 0 radical (unpaired) electrons. The van der Waals surface area contributed by atoms with Crippen molar-refractivity contribution >= 4 is 23.1 Å². The van der Waals surface area contributed by atoms with Crippen LogP contribution < -0.4 is 15.8 Å². The minimum atomic E-state index is -0.178. The molecule has 4 N–H and O–H groups in total. The molecule has 2 rings (SSSR count). The number of hydrogen-bond donors (Lipinski definition) is 3. The highest BCUT2D eigenvalue weighted by Gasteiger charge is 2.13. The number of nitrogens with one attached hydrogen (secondary N) is 1. The Morgan fingerprint density at radius 1 is 1.38 bits per heavy atom. The summed E-state index contributed by atoms with van der Waals surface area (Å²) in [5.74, 6) is 0.441. The van der Waals surface area contributed by atoms with Crippen LogP contribution >= 0.6 is 11.3 Å². The molecule has 0 spiro atoms. The second-order valence-corrected chi connectivity index (χ2v) is 5.10. The second-order valence-electron chi connectivity index (χ2n) is 4.18. The molecule has 0 aliphatic heterocycles. The smallest absolute Gasteiger partial charge is 0.265 e. The highest BCUT2D eigenvalue weighted by atomic mass is 32.1. The Morgan fingerprint density at radius 2 is 2.10 bits per heavy atom. The molecule has 1 aromatic carbocycles. The Bertz CT molecular complexity index is 650. The van der Waals surface area contributed by atoms with E-state index in [1.807, 2.05) is 0 Å². The lowest BCUT2D eigenvalue weighted by atomic mass is 10.1. The summed E-state index contributed by atoms with van der Waals surface area (Å²) >= 11 is 1.33. The summed E-state index contributed by atoms with van der Waals surface area (Å²) in [6.07, 6.45) is 0. The van der Waals surface area contributed by atoms with E-state index < -0.39 is 0 Å². The summed E-state index contributed by atoms with van der Waals surface area (Å²) in [6, 6.07) is 8.81. The lowest BCUT2D eigenvalue weighted by molar-refractivity contribution is 0.0952. The summed E-state index contributed by atoms with van der Waals surface area (Å²) < 4.78 is 5.11. The normalized spacial score (nSPS) is 11.2. The Balaban J connectivity index is 1.98. The highest BCUT2D eigenvalue weighted by molar-refractivity contribution is 7.12. The van der Waals surface area contributed by atoms with E-state index in [1.54, 1.807) is 35.7 Å². The third-order valence-electron chi connectivity index (χ3n) is 2.87. The molecular weight excluding hydrogens is 290 g/mol. The maximum atomic E-state index is 12.0. The molecule has 0 fully saturated rings. The van der Waals surface area contributed by atoms with E-state index in [4.69, 9.17) is 15.7 Å². The van der Waals surface area contributed by atoms with Gasteiger partial charge in [0.05, 0.1) is 7.11 Å². The van der Waals surface area contributed by atoms with Gasteiger partial charge in [-0.25, -0.2) is 0 Å². The summed E-state index contributed by atoms with van der Waals surface area (Å²) in [7, 11) is 1.53. The predicted molar refractivity (Wildman–Crippen MR) is 81.0 cm³/mol. The van der Waals surface area contributed by atoms with Gasteiger partial charge in [-0.3, -0.25) is 4.79 Å². The quantitative estimate of drug-likeness (QED) is 0.339. The van der Waals surface area contributed by atoms with Crippen molar-refractivity contribution in [3.8, 4) is 5.75 Å². The average molecular weight is 305 g/mol. The van der Waals surface area contributed by atoms with Crippen LogP contribution in [0.1, 0.15) is 20.8 Å². The maximum Gasteiger partial charge on any atom is 0.265 e. The molecule has 1 amide bonds. The van der Waals surface area contributed by atoms with Gasteiger partial charge in [0.1, 0.15) is 10.6 Å². The van der Waals surface area contributed by atoms with Crippen LogP contribution in [0.3, 0.4) is 0 Å². The first kappa shape index (κ1) is 14.9. The maximum absolute atomic E-state index is 12.0. The number of hydrogen-bond acceptors (Lipinski definition) is 5. The highest BCUT2D eigenvalue weighted by Crippen LogP contribution is 2.24. The molecule has 0 aliphatic rings. The molecule has 6 nitrogen and oxygen atoms in total. The molecule has 7 heteroatoms. The molecule has 1 aromatic heterocycles. The molecule has 0 atom stereocenters. The molecule has 0 aliphatic carbocycles. The lowest BCUT2D eigenvalue weighted by Gasteiger charge is -2.06. The van der Waals surface area contributed by atoms with Crippen molar-refractivity contribution in [1.29, 1.82) is 0 Å². The van der Waals surface area contributed by atoms with E-state index in [0.29, 0.717) is 22.7 Å². The zero-order valence-electron chi connectivity index (χ0n) is 11.4. The van der Waals surface area contributed by atoms with Crippen molar-refractivity contribution in [3.63, 3.8) is 0 Å². The van der Waals surface area contributed by atoms with Gasteiger partial charge < -0.3 is 21.0 Å². The van der Waals surface area contributed by atoms with Crippen LogP contribution in [0.15, 0.2) is 40.9 Å². The number of nitrogens with zero attached hydrogens (tertiary/aromatic N) is 1. The molecule has 2 aromatic rings. The number of ether oxygens (including phenoxy) is 1. The Hall–Kier alpha value is -2.54. The predicted octanol–water partition coefficient (Wildman–Crippen LogP) is 1.78. The number of amidine groups is 1. The van der Waals surface area contributed by atoms with Crippen LogP contribution in [0, 0.1) is 0 Å². The topological polar surface area (TPSA) is 96.9 Å². The van der Waals surface area contributed by atoms with Gasteiger partial charge >= 0.3 is 0 Å². The van der Waals surface area contributed by atoms with E-state index in [2.05, 4.69) is 10.5 Å². The summed E-state index contributed by atoms with van der Waals surface area (Å²) in [6.45, 7) is 0.385. The summed E-state index contributed by atoms with van der Waals surface area (Å²) in [5, 5.41) is 16.1. The van der Waals surface area contributed by atoms with Crippen molar-refractivity contribution in [2.45, 2.75) is 6.54 Å². The fourth-order valence-electron chi connectivity index (χ4n) is 1.74. The van der Waals surface area contributed by atoms with Gasteiger partial charge in [0, 0.05) is 12.1 Å². The van der Waals surface area contributed by atoms with Gasteiger partial charge in [0.15, 0.2) is 5.84 Å². The van der Waals surface area contributed by atoms with Crippen molar-refractivity contribution in [2.75, 3.05) is 7.11 Å². The fourth-order valence-corrected chi connectivity index (χ4v) is 2.51. The van der Waals surface area contributed by atoms with Crippen molar-refractivity contribution in [3.05, 3.63) is 51.7 Å². The summed E-state index contributed by atoms with van der Waals surface area (Å²) in [4.78, 5) is 12.6. The van der Waals surface area contributed by atoms with E-state index in [0.717, 1.165) is 5.56 Å². The lowest BCUT2D eigenvalue weighted by Crippen LogP contribution is -2.22. The van der Waals surface area contributed by atoms with Crippen molar-refractivity contribution in [2.24, 2.45) is 10.9 Å². The molecular formula is C14H15N3O3S. The van der Waals surface area contributed by atoms with E-state index >= 15 is 0 Å². The van der Waals surface area contributed by atoms with Crippen LogP contribution in [0.4, 0.5) is 0 Å². The third-order valence-corrected chi connectivity index (χ3v) is 3.76. The zero-order valence-corrected chi connectivity index (χ0v) is 12.2. The van der Waals surface area contributed by atoms with Gasteiger partial charge in [0.2, 0.25) is 0 Å². The van der Waals surface area contributed by atoms with Gasteiger partial charge in [-0.05, 0) is 17.0 Å².